The quantitative estimate of drug-likeness (QED) is 0.285. The lowest BCUT2D eigenvalue weighted by Crippen LogP contribution is -2.30. The summed E-state index contributed by atoms with van der Waals surface area (Å²) in [5, 5.41) is 0.493. The summed E-state index contributed by atoms with van der Waals surface area (Å²) in [6.45, 7) is 5.78. The van der Waals surface area contributed by atoms with E-state index in [2.05, 4.69) is 9.97 Å². The summed E-state index contributed by atoms with van der Waals surface area (Å²) in [5.41, 5.74) is 1.50. The molecular formula is C28H26ClFN4O3. The molecule has 0 atom stereocenters. The Morgan fingerprint density at radius 2 is 1.84 bits per heavy atom. The number of pyridine rings is 1. The molecule has 0 spiro atoms. The van der Waals surface area contributed by atoms with Crippen LogP contribution in [0.3, 0.4) is 0 Å². The van der Waals surface area contributed by atoms with Crippen molar-refractivity contribution in [2.24, 2.45) is 0 Å². The summed E-state index contributed by atoms with van der Waals surface area (Å²) < 4.78 is 20.6. The number of carbonyl (C=O) groups excluding carboxylic acids is 1. The highest BCUT2D eigenvalue weighted by Crippen LogP contribution is 2.22. The Labute approximate surface area is 218 Å². The van der Waals surface area contributed by atoms with Crippen molar-refractivity contribution in [3.8, 4) is 5.69 Å². The zero-order chi connectivity index (χ0) is 26.4. The lowest BCUT2D eigenvalue weighted by molar-refractivity contribution is -0.146. The maximum atomic E-state index is 13.9. The molecule has 0 aliphatic heterocycles. The van der Waals surface area contributed by atoms with Gasteiger partial charge in [0.1, 0.15) is 18.2 Å². The lowest BCUT2D eigenvalue weighted by Gasteiger charge is -2.16. The van der Waals surface area contributed by atoms with E-state index >= 15 is 0 Å². The molecule has 0 amide bonds. The Morgan fingerprint density at radius 1 is 1.05 bits per heavy atom. The second-order valence-electron chi connectivity index (χ2n) is 8.23. The zero-order valence-electron chi connectivity index (χ0n) is 20.5. The number of likely N-dealkylation sites (N-methyl/N-ethyl adjacent to an activating group) is 1. The molecule has 7 nitrogen and oxygen atoms in total. The number of para-hydroxylation sites is 1. The molecule has 0 aliphatic rings. The Morgan fingerprint density at radius 3 is 2.59 bits per heavy atom. The minimum Gasteiger partial charge on any atom is -0.458 e. The largest absolute Gasteiger partial charge is 0.458 e. The van der Waals surface area contributed by atoms with Crippen molar-refractivity contribution in [1.82, 2.24) is 19.4 Å². The van der Waals surface area contributed by atoms with E-state index in [0.29, 0.717) is 33.4 Å². The number of fused-ring (bicyclic) bond motifs is 1. The van der Waals surface area contributed by atoms with Crippen LogP contribution in [0.5, 0.6) is 0 Å². The van der Waals surface area contributed by atoms with E-state index in [9.17, 15) is 14.0 Å². The van der Waals surface area contributed by atoms with Gasteiger partial charge in [-0.2, -0.15) is 0 Å². The minimum absolute atomic E-state index is 0.0475. The van der Waals surface area contributed by atoms with Crippen molar-refractivity contribution in [2.75, 3.05) is 19.6 Å². The number of carbonyl (C=O) groups is 1. The second kappa shape index (κ2) is 11.9. The number of hydrogen-bond acceptors (Lipinski definition) is 6. The zero-order valence-corrected chi connectivity index (χ0v) is 21.3. The predicted molar refractivity (Wildman–Crippen MR) is 143 cm³/mol. The first kappa shape index (κ1) is 26.2. The van der Waals surface area contributed by atoms with Crippen LogP contribution in [0.25, 0.3) is 28.7 Å². The summed E-state index contributed by atoms with van der Waals surface area (Å²) in [7, 11) is 0. The van der Waals surface area contributed by atoms with Gasteiger partial charge >= 0.3 is 5.97 Å². The summed E-state index contributed by atoms with van der Waals surface area (Å²) in [6.07, 6.45) is 3.34. The molecule has 0 radical (unpaired) electrons. The Hall–Kier alpha value is -3.88. The first-order valence-electron chi connectivity index (χ1n) is 11.9. The Balaban J connectivity index is 1.65. The van der Waals surface area contributed by atoms with Gasteiger partial charge in [0.15, 0.2) is 0 Å². The van der Waals surface area contributed by atoms with Crippen molar-refractivity contribution in [3.63, 3.8) is 0 Å². The molecule has 0 N–H and O–H groups in total. The summed E-state index contributed by atoms with van der Waals surface area (Å²) in [4.78, 5) is 36.6. The van der Waals surface area contributed by atoms with Crippen molar-refractivity contribution in [1.29, 1.82) is 0 Å². The molecule has 0 aliphatic carbocycles. The van der Waals surface area contributed by atoms with Crippen LogP contribution in [-0.2, 0) is 16.1 Å². The first-order chi connectivity index (χ1) is 17.9. The van der Waals surface area contributed by atoms with E-state index in [1.54, 1.807) is 54.6 Å². The van der Waals surface area contributed by atoms with Crippen LogP contribution < -0.4 is 5.56 Å². The monoisotopic (exact) mass is 520 g/mol. The van der Waals surface area contributed by atoms with Crippen LogP contribution >= 0.6 is 11.6 Å². The van der Waals surface area contributed by atoms with Crippen LogP contribution in [0, 0.1) is 5.82 Å². The number of esters is 1. The van der Waals surface area contributed by atoms with Gasteiger partial charge in [0, 0.05) is 0 Å². The number of rotatable bonds is 9. The van der Waals surface area contributed by atoms with E-state index in [0.717, 1.165) is 19.2 Å². The average Bonchev–Trinajstić information content (AvgIpc) is 2.91. The lowest BCUT2D eigenvalue weighted by atomic mass is 10.2. The third-order valence-corrected chi connectivity index (χ3v) is 6.13. The van der Waals surface area contributed by atoms with Gasteiger partial charge in [-0.1, -0.05) is 43.6 Å². The van der Waals surface area contributed by atoms with E-state index in [-0.39, 0.29) is 24.5 Å². The smallest absolute Gasteiger partial charge is 0.320 e. The number of ether oxygens (including phenoxy) is 1. The van der Waals surface area contributed by atoms with Gasteiger partial charge in [-0.15, -0.1) is 0 Å². The molecular weight excluding hydrogens is 495 g/mol. The molecule has 2 heterocycles. The van der Waals surface area contributed by atoms with Crippen molar-refractivity contribution in [3.05, 3.63) is 99.1 Å². The van der Waals surface area contributed by atoms with Crippen molar-refractivity contribution >= 4 is 40.6 Å². The molecule has 2 aromatic carbocycles. The van der Waals surface area contributed by atoms with Crippen LogP contribution in [0.4, 0.5) is 4.39 Å². The van der Waals surface area contributed by atoms with Gasteiger partial charge < -0.3 is 4.74 Å². The third kappa shape index (κ3) is 6.28. The fourth-order valence-electron chi connectivity index (χ4n) is 3.81. The molecule has 9 heteroatoms. The first-order valence-corrected chi connectivity index (χ1v) is 12.3. The van der Waals surface area contributed by atoms with Crippen LogP contribution in [-0.4, -0.2) is 45.0 Å². The molecule has 0 unspecified atom stereocenters. The van der Waals surface area contributed by atoms with E-state index < -0.39 is 11.4 Å². The summed E-state index contributed by atoms with van der Waals surface area (Å²) in [5.74, 6) is -0.540. The highest BCUT2D eigenvalue weighted by atomic mass is 35.5. The topological polar surface area (TPSA) is 77.3 Å². The van der Waals surface area contributed by atoms with E-state index in [4.69, 9.17) is 16.3 Å². The molecule has 0 fully saturated rings. The number of aromatic nitrogens is 3. The van der Waals surface area contributed by atoms with E-state index in [1.165, 1.54) is 16.7 Å². The van der Waals surface area contributed by atoms with Gasteiger partial charge in [0.05, 0.1) is 39.5 Å². The van der Waals surface area contributed by atoms with Crippen molar-refractivity contribution in [2.45, 2.75) is 20.5 Å². The van der Waals surface area contributed by atoms with Gasteiger partial charge in [0.2, 0.25) is 0 Å². The van der Waals surface area contributed by atoms with Crippen molar-refractivity contribution < 1.29 is 13.9 Å². The fraction of sp³-hybridized carbons (Fsp3) is 0.214. The molecule has 0 saturated heterocycles. The molecule has 190 valence electrons. The molecule has 0 saturated carbocycles. The van der Waals surface area contributed by atoms with Crippen LogP contribution in [0.1, 0.15) is 31.1 Å². The minimum atomic E-state index is -0.529. The van der Waals surface area contributed by atoms with Gasteiger partial charge in [-0.05, 0) is 67.7 Å². The Kier molecular flexibility index (Phi) is 8.43. The normalized spacial score (nSPS) is 11.5. The highest BCUT2D eigenvalue weighted by Gasteiger charge is 2.14. The summed E-state index contributed by atoms with van der Waals surface area (Å²) >= 11 is 6.39. The molecule has 0 bridgehead atoms. The van der Waals surface area contributed by atoms with Crippen LogP contribution in [0.15, 0.2) is 65.5 Å². The molecule has 37 heavy (non-hydrogen) atoms. The second-order valence-corrected chi connectivity index (χ2v) is 8.64. The van der Waals surface area contributed by atoms with Crippen LogP contribution in [0.2, 0.25) is 5.02 Å². The number of benzene rings is 2. The third-order valence-electron chi connectivity index (χ3n) is 5.81. The average molecular weight is 521 g/mol. The molecule has 4 aromatic rings. The molecule has 2 aromatic heterocycles. The predicted octanol–water partition coefficient (Wildman–Crippen LogP) is 5.13. The standard InChI is InChI=1S/C28H26ClFN4O3/c1-3-33(4-2)17-27(35)37-18-21-9-7-8-20(31-21)13-15-26-32-24-14-12-19(30)16-22(24)28(36)34(26)25-11-6-5-10-23(25)29/h5-16H,3-4,17-18H2,1-2H3/b15-13+. The highest BCUT2D eigenvalue weighted by molar-refractivity contribution is 6.32. The van der Waals surface area contributed by atoms with Gasteiger partial charge in [0.25, 0.3) is 5.56 Å². The Bertz CT molecular complexity index is 1520. The SMILES string of the molecule is CCN(CC)CC(=O)OCc1cccc(/C=C/c2nc3ccc(F)cc3c(=O)n2-c2ccccc2Cl)n1. The maximum Gasteiger partial charge on any atom is 0.320 e. The number of nitrogens with zero attached hydrogens (tertiary/aromatic N) is 4. The summed E-state index contributed by atoms with van der Waals surface area (Å²) in [6, 6.07) is 16.1. The number of halogens is 2. The maximum absolute atomic E-state index is 13.9. The molecule has 4 rings (SSSR count). The fourth-order valence-corrected chi connectivity index (χ4v) is 4.03. The van der Waals surface area contributed by atoms with Gasteiger partial charge in [-0.25, -0.2) is 14.4 Å². The number of hydrogen-bond donors (Lipinski definition) is 0. The van der Waals surface area contributed by atoms with E-state index in [1.807, 2.05) is 18.7 Å². The van der Waals surface area contributed by atoms with Gasteiger partial charge in [-0.3, -0.25) is 19.1 Å².